The van der Waals surface area contributed by atoms with Gasteiger partial charge in [0.25, 0.3) is 0 Å². The second-order valence-electron chi connectivity index (χ2n) is 7.47. The lowest BCUT2D eigenvalue weighted by Gasteiger charge is -2.08. The highest BCUT2D eigenvalue weighted by molar-refractivity contribution is 5.98. The number of benzene rings is 2. The summed E-state index contributed by atoms with van der Waals surface area (Å²) in [6.07, 6.45) is 1.65. The van der Waals surface area contributed by atoms with Crippen molar-refractivity contribution in [3.8, 4) is 11.8 Å². The average molecular weight is 460 g/mol. The quantitative estimate of drug-likeness (QED) is 0.284. The van der Waals surface area contributed by atoms with Crippen molar-refractivity contribution in [1.29, 1.82) is 5.26 Å². The minimum absolute atomic E-state index is 0.0854. The first kappa shape index (κ1) is 24.3. The van der Waals surface area contributed by atoms with E-state index in [4.69, 9.17) is 19.3 Å². The molecule has 1 N–H and O–H groups in total. The molecule has 3 aromatic rings. The summed E-state index contributed by atoms with van der Waals surface area (Å²) in [5, 5.41) is 15.9. The smallest absolute Gasteiger partial charge is 0.348 e. The van der Waals surface area contributed by atoms with E-state index in [-0.39, 0.29) is 24.5 Å². The highest BCUT2D eigenvalue weighted by Gasteiger charge is 2.11. The molecule has 2 aromatic carbocycles. The number of amides is 1. The van der Waals surface area contributed by atoms with Crippen molar-refractivity contribution < 1.29 is 23.6 Å². The van der Waals surface area contributed by atoms with Crippen LogP contribution >= 0.6 is 0 Å². The van der Waals surface area contributed by atoms with E-state index in [1.54, 1.807) is 31.2 Å². The first-order chi connectivity index (χ1) is 16.4. The number of aromatic nitrogens is 1. The Kier molecular flexibility index (Phi) is 8.19. The predicted molar refractivity (Wildman–Crippen MR) is 126 cm³/mol. The number of esters is 1. The zero-order valence-corrected chi connectivity index (χ0v) is 19.3. The molecule has 0 atom stereocenters. The fourth-order valence-corrected chi connectivity index (χ4v) is 3.13. The Bertz CT molecular complexity index is 1200. The van der Waals surface area contributed by atoms with Crippen LogP contribution in [0.15, 0.2) is 58.6 Å². The Balaban J connectivity index is 1.53. The van der Waals surface area contributed by atoms with Crippen molar-refractivity contribution in [2.75, 3.05) is 11.9 Å². The fourth-order valence-electron chi connectivity index (χ4n) is 3.13. The second kappa shape index (κ2) is 11.5. The molecule has 3 rings (SSSR count). The molecule has 8 heteroatoms. The number of carbonyl (C=O) groups excluding carboxylic acids is 2. The number of rotatable bonds is 9. The van der Waals surface area contributed by atoms with E-state index in [1.165, 1.54) is 6.08 Å². The molecular formula is C26H25N3O5. The molecule has 8 nitrogen and oxygen atoms in total. The molecule has 0 fully saturated rings. The highest BCUT2D eigenvalue weighted by atomic mass is 16.5. The molecule has 1 aromatic heterocycles. The molecule has 0 aliphatic carbocycles. The molecule has 1 amide bonds. The van der Waals surface area contributed by atoms with Crippen LogP contribution in [-0.2, 0) is 27.4 Å². The third-order valence-corrected chi connectivity index (χ3v) is 4.97. The van der Waals surface area contributed by atoms with Gasteiger partial charge >= 0.3 is 5.97 Å². The van der Waals surface area contributed by atoms with Crippen LogP contribution in [-0.4, -0.2) is 23.6 Å². The molecular weight excluding hydrogens is 434 g/mol. The van der Waals surface area contributed by atoms with Crippen molar-refractivity contribution in [3.63, 3.8) is 0 Å². The summed E-state index contributed by atoms with van der Waals surface area (Å²) in [4.78, 5) is 24.1. The van der Waals surface area contributed by atoms with Gasteiger partial charge in [0.05, 0.1) is 24.3 Å². The third kappa shape index (κ3) is 6.56. The van der Waals surface area contributed by atoms with Gasteiger partial charge in [-0.15, -0.1) is 0 Å². The van der Waals surface area contributed by atoms with Crippen molar-refractivity contribution in [3.05, 3.63) is 82.2 Å². The van der Waals surface area contributed by atoms with E-state index in [0.717, 1.165) is 22.6 Å². The van der Waals surface area contributed by atoms with Crippen LogP contribution in [0.5, 0.6) is 5.75 Å². The number of anilines is 1. The maximum atomic E-state index is 12.4. The number of nitriles is 1. The fraction of sp³-hybridized carbons (Fsp3) is 0.231. The van der Waals surface area contributed by atoms with Gasteiger partial charge in [0.1, 0.15) is 29.8 Å². The first-order valence-electron chi connectivity index (χ1n) is 10.7. The lowest BCUT2D eigenvalue weighted by atomic mass is 10.1. The number of carbonyl (C=O) groups is 2. The van der Waals surface area contributed by atoms with Crippen LogP contribution in [0.4, 0.5) is 5.69 Å². The monoisotopic (exact) mass is 459 g/mol. The van der Waals surface area contributed by atoms with Crippen molar-refractivity contribution in [2.24, 2.45) is 0 Å². The Morgan fingerprint density at radius 3 is 2.41 bits per heavy atom. The Morgan fingerprint density at radius 1 is 1.12 bits per heavy atom. The summed E-state index contributed by atoms with van der Waals surface area (Å²) < 4.78 is 15.8. The van der Waals surface area contributed by atoms with E-state index in [9.17, 15) is 9.59 Å². The standard InChI is InChI=1S/C26H25N3O5/c1-4-32-26(31)21(15-27)13-19-5-9-22(10-6-19)28-25(30)14-20-7-11-23(12-8-20)33-16-24-17(2)29-34-18(24)3/h5-13H,4,14,16H2,1-3H3,(H,28,30)/b21-13+. The van der Waals surface area contributed by atoms with Gasteiger partial charge < -0.3 is 19.3 Å². The summed E-state index contributed by atoms with van der Waals surface area (Å²) in [6, 6.07) is 16.0. The zero-order valence-electron chi connectivity index (χ0n) is 19.3. The van der Waals surface area contributed by atoms with Crippen LogP contribution < -0.4 is 10.1 Å². The molecule has 0 saturated heterocycles. The highest BCUT2D eigenvalue weighted by Crippen LogP contribution is 2.19. The number of ether oxygens (including phenoxy) is 2. The van der Waals surface area contributed by atoms with Crippen LogP contribution in [0, 0.1) is 25.2 Å². The van der Waals surface area contributed by atoms with E-state index < -0.39 is 5.97 Å². The number of aryl methyl sites for hydroxylation is 2. The van der Waals surface area contributed by atoms with Crippen LogP contribution in [0.1, 0.15) is 35.1 Å². The lowest BCUT2D eigenvalue weighted by Crippen LogP contribution is -2.14. The summed E-state index contributed by atoms with van der Waals surface area (Å²) in [5.74, 6) is 0.589. The molecule has 0 unspecified atom stereocenters. The molecule has 34 heavy (non-hydrogen) atoms. The molecule has 0 radical (unpaired) electrons. The maximum absolute atomic E-state index is 12.4. The van der Waals surface area contributed by atoms with E-state index in [1.807, 2.05) is 44.2 Å². The van der Waals surface area contributed by atoms with E-state index in [2.05, 4.69) is 10.5 Å². The zero-order chi connectivity index (χ0) is 24.5. The minimum atomic E-state index is -0.664. The van der Waals surface area contributed by atoms with Crippen molar-refractivity contribution in [1.82, 2.24) is 5.16 Å². The van der Waals surface area contributed by atoms with Crippen molar-refractivity contribution in [2.45, 2.75) is 33.8 Å². The van der Waals surface area contributed by atoms with Gasteiger partial charge in [-0.1, -0.05) is 29.4 Å². The molecule has 0 saturated carbocycles. The SMILES string of the molecule is CCOC(=O)/C(C#N)=C/c1ccc(NC(=O)Cc2ccc(OCc3c(C)noc3C)cc2)cc1. The molecule has 0 aliphatic heterocycles. The van der Waals surface area contributed by atoms with Gasteiger partial charge in [-0.05, 0) is 62.2 Å². The minimum Gasteiger partial charge on any atom is -0.489 e. The number of nitrogens with zero attached hydrogens (tertiary/aromatic N) is 2. The van der Waals surface area contributed by atoms with Gasteiger partial charge in [0.2, 0.25) is 5.91 Å². The largest absolute Gasteiger partial charge is 0.489 e. The normalized spacial score (nSPS) is 10.9. The number of hydrogen-bond acceptors (Lipinski definition) is 7. The van der Waals surface area contributed by atoms with Crippen LogP contribution in [0.3, 0.4) is 0 Å². The van der Waals surface area contributed by atoms with Gasteiger partial charge in [-0.25, -0.2) is 4.79 Å². The molecule has 1 heterocycles. The molecule has 0 bridgehead atoms. The van der Waals surface area contributed by atoms with Gasteiger partial charge in [0, 0.05) is 5.69 Å². The van der Waals surface area contributed by atoms with Crippen LogP contribution in [0.25, 0.3) is 6.08 Å². The third-order valence-electron chi connectivity index (χ3n) is 4.97. The first-order valence-corrected chi connectivity index (χ1v) is 10.7. The second-order valence-corrected chi connectivity index (χ2v) is 7.47. The van der Waals surface area contributed by atoms with Gasteiger partial charge in [-0.2, -0.15) is 5.26 Å². The van der Waals surface area contributed by atoms with Crippen LogP contribution in [0.2, 0.25) is 0 Å². The predicted octanol–water partition coefficient (Wildman–Crippen LogP) is 4.52. The van der Waals surface area contributed by atoms with Gasteiger partial charge in [-0.3, -0.25) is 4.79 Å². The molecule has 0 spiro atoms. The maximum Gasteiger partial charge on any atom is 0.348 e. The Morgan fingerprint density at radius 2 is 1.82 bits per heavy atom. The number of nitrogens with one attached hydrogen (secondary N) is 1. The summed E-state index contributed by atoms with van der Waals surface area (Å²) >= 11 is 0. The van der Waals surface area contributed by atoms with Crippen molar-refractivity contribution >= 4 is 23.6 Å². The molecule has 0 aliphatic rings. The molecule has 174 valence electrons. The Hall–Kier alpha value is -4.38. The lowest BCUT2D eigenvalue weighted by molar-refractivity contribution is -0.137. The van der Waals surface area contributed by atoms with E-state index >= 15 is 0 Å². The van der Waals surface area contributed by atoms with Gasteiger partial charge in [0.15, 0.2) is 0 Å². The van der Waals surface area contributed by atoms with E-state index in [0.29, 0.717) is 23.6 Å². The number of hydrogen-bond donors (Lipinski definition) is 1. The summed E-state index contributed by atoms with van der Waals surface area (Å²) in [6.45, 7) is 5.95. The topological polar surface area (TPSA) is 114 Å². The summed E-state index contributed by atoms with van der Waals surface area (Å²) in [5.41, 5.74) is 3.74. The Labute approximate surface area is 197 Å². The average Bonchev–Trinajstić information content (AvgIpc) is 3.15. The summed E-state index contributed by atoms with van der Waals surface area (Å²) in [7, 11) is 0.